The first kappa shape index (κ1) is 30.8. The number of aliphatic hydroxyl groups is 1. The third-order valence-electron chi connectivity index (χ3n) is 5.13. The van der Waals surface area contributed by atoms with Gasteiger partial charge in [-0.2, -0.15) is 0 Å². The van der Waals surface area contributed by atoms with Crippen LogP contribution in [-0.2, 0) is 35.2 Å². The Labute approximate surface area is 211 Å². The predicted molar refractivity (Wildman–Crippen MR) is 126 cm³/mol. The summed E-state index contributed by atoms with van der Waals surface area (Å²) in [6, 6.07) is -0.571. The molecule has 0 heterocycles. The summed E-state index contributed by atoms with van der Waals surface area (Å²) in [7, 11) is 0. The van der Waals surface area contributed by atoms with Crippen molar-refractivity contribution in [2.45, 2.75) is 62.9 Å². The molecule has 0 spiro atoms. The maximum Gasteiger partial charge on any atom is 0.326 e. The molecular formula is C22H31N5O10. The van der Waals surface area contributed by atoms with Gasteiger partial charge in [0.05, 0.1) is 12.5 Å². The average molecular weight is 526 g/mol. The number of benzene rings is 1. The van der Waals surface area contributed by atoms with E-state index >= 15 is 0 Å². The van der Waals surface area contributed by atoms with Crippen molar-refractivity contribution in [2.75, 3.05) is 0 Å². The van der Waals surface area contributed by atoms with E-state index in [0.29, 0.717) is 5.56 Å². The van der Waals surface area contributed by atoms with Crippen molar-refractivity contribution in [3.63, 3.8) is 0 Å². The van der Waals surface area contributed by atoms with Gasteiger partial charge in [-0.3, -0.25) is 24.0 Å². The van der Waals surface area contributed by atoms with Crippen molar-refractivity contribution in [3.05, 3.63) is 29.8 Å². The monoisotopic (exact) mass is 525 g/mol. The lowest BCUT2D eigenvalue weighted by molar-refractivity contribution is -0.143. The summed E-state index contributed by atoms with van der Waals surface area (Å²) < 4.78 is 0. The largest absolute Gasteiger partial charge is 0.508 e. The van der Waals surface area contributed by atoms with Crippen LogP contribution >= 0.6 is 0 Å². The van der Waals surface area contributed by atoms with Crippen molar-refractivity contribution in [1.29, 1.82) is 0 Å². The van der Waals surface area contributed by atoms with Crippen LogP contribution in [0.1, 0.15) is 31.7 Å². The molecule has 0 aliphatic carbocycles. The van der Waals surface area contributed by atoms with Gasteiger partial charge in [0.15, 0.2) is 0 Å². The average Bonchev–Trinajstić information content (AvgIpc) is 2.80. The zero-order valence-electron chi connectivity index (χ0n) is 19.9. The van der Waals surface area contributed by atoms with Crippen LogP contribution < -0.4 is 27.4 Å². The Morgan fingerprint density at radius 1 is 0.865 bits per heavy atom. The van der Waals surface area contributed by atoms with Gasteiger partial charge in [0.2, 0.25) is 23.6 Å². The molecule has 1 aromatic carbocycles. The van der Waals surface area contributed by atoms with Crippen molar-refractivity contribution in [1.82, 2.24) is 16.0 Å². The number of hydrogen-bond acceptors (Lipinski definition) is 9. The van der Waals surface area contributed by atoms with E-state index in [2.05, 4.69) is 16.0 Å². The van der Waals surface area contributed by atoms with Crippen LogP contribution in [0.25, 0.3) is 0 Å². The molecule has 1 rings (SSSR count). The quantitative estimate of drug-likeness (QED) is 0.111. The normalized spacial score (nSPS) is 14.8. The first-order valence-electron chi connectivity index (χ1n) is 11.1. The number of aliphatic carboxylic acids is 2. The topological polar surface area (TPSA) is 271 Å². The van der Waals surface area contributed by atoms with Crippen LogP contribution in [0.4, 0.5) is 0 Å². The first-order chi connectivity index (χ1) is 17.2. The fraction of sp³-hybridized carbons (Fsp3) is 0.455. The number of rotatable bonds is 15. The van der Waals surface area contributed by atoms with E-state index in [0.717, 1.165) is 0 Å². The van der Waals surface area contributed by atoms with Crippen LogP contribution in [0.15, 0.2) is 24.3 Å². The van der Waals surface area contributed by atoms with E-state index < -0.39 is 85.1 Å². The van der Waals surface area contributed by atoms with Crippen LogP contribution in [-0.4, -0.2) is 86.3 Å². The summed E-state index contributed by atoms with van der Waals surface area (Å²) in [4.78, 5) is 71.9. The molecule has 15 heteroatoms. The van der Waals surface area contributed by atoms with Crippen LogP contribution in [0.5, 0.6) is 5.75 Å². The lowest BCUT2D eigenvalue weighted by Gasteiger charge is -2.25. The second-order valence-corrected chi connectivity index (χ2v) is 8.26. The van der Waals surface area contributed by atoms with E-state index in [1.165, 1.54) is 31.2 Å². The van der Waals surface area contributed by atoms with E-state index in [-0.39, 0.29) is 12.2 Å². The Balaban J connectivity index is 3.20. The minimum atomic E-state index is -1.70. The molecule has 0 aromatic heterocycles. The van der Waals surface area contributed by atoms with Crippen molar-refractivity contribution < 1.29 is 49.2 Å². The lowest BCUT2D eigenvalue weighted by atomic mass is 10.0. The van der Waals surface area contributed by atoms with Gasteiger partial charge in [0.25, 0.3) is 0 Å². The van der Waals surface area contributed by atoms with E-state index in [1.807, 2.05) is 0 Å². The molecule has 0 bridgehead atoms. The highest BCUT2D eigenvalue weighted by Gasteiger charge is 2.32. The Hall–Kier alpha value is -4.24. The van der Waals surface area contributed by atoms with Crippen LogP contribution in [0, 0.1) is 0 Å². The van der Waals surface area contributed by atoms with Gasteiger partial charge in [-0.05, 0) is 31.0 Å². The van der Waals surface area contributed by atoms with E-state index in [4.69, 9.17) is 16.6 Å². The highest BCUT2D eigenvalue weighted by Crippen LogP contribution is 2.12. The molecule has 1 aromatic rings. The summed E-state index contributed by atoms with van der Waals surface area (Å²) >= 11 is 0. The molecule has 0 aliphatic rings. The zero-order chi connectivity index (χ0) is 28.3. The standard InChI is InChI=1S/C22H31N5O10/c1-10(28)18(24)21(35)25-13(6-7-17(31)32)19(33)26-14(8-11-2-4-12(29)5-3-11)20(34)27-15(22(36)37)9-16(23)30/h2-5,10,13-15,18,28-29H,6-9,24H2,1H3,(H2,23,30)(H,25,35)(H,26,33)(H,27,34)(H,31,32)(H,36,37). The minimum Gasteiger partial charge on any atom is -0.508 e. The van der Waals surface area contributed by atoms with Crippen molar-refractivity contribution in [2.24, 2.45) is 11.5 Å². The molecule has 15 nitrogen and oxygen atoms in total. The van der Waals surface area contributed by atoms with Gasteiger partial charge in [-0.1, -0.05) is 12.1 Å². The molecule has 37 heavy (non-hydrogen) atoms. The molecule has 5 atom stereocenters. The van der Waals surface area contributed by atoms with Gasteiger partial charge in [-0.15, -0.1) is 0 Å². The number of carboxylic acid groups (broad SMARTS) is 2. The maximum atomic E-state index is 13.0. The number of carbonyl (C=O) groups is 6. The number of nitrogens with two attached hydrogens (primary N) is 2. The molecule has 0 fully saturated rings. The molecular weight excluding hydrogens is 494 g/mol. The van der Waals surface area contributed by atoms with Crippen LogP contribution in [0.2, 0.25) is 0 Å². The third kappa shape index (κ3) is 10.9. The highest BCUT2D eigenvalue weighted by atomic mass is 16.4. The fourth-order valence-corrected chi connectivity index (χ4v) is 3.05. The van der Waals surface area contributed by atoms with Gasteiger partial charge in [0, 0.05) is 12.8 Å². The molecule has 0 radical (unpaired) electrons. The maximum absolute atomic E-state index is 13.0. The summed E-state index contributed by atoms with van der Waals surface area (Å²) in [6.45, 7) is 1.24. The number of amides is 4. The van der Waals surface area contributed by atoms with Gasteiger partial charge >= 0.3 is 11.9 Å². The molecule has 0 saturated heterocycles. The number of phenols is 1. The lowest BCUT2D eigenvalue weighted by Crippen LogP contribution is -2.58. The minimum absolute atomic E-state index is 0.0768. The van der Waals surface area contributed by atoms with Gasteiger partial charge in [-0.25, -0.2) is 4.79 Å². The number of phenolic OH excluding ortho intramolecular Hbond substituents is 1. The second kappa shape index (κ2) is 14.4. The number of primary amides is 1. The summed E-state index contributed by atoms with van der Waals surface area (Å²) in [5, 5.41) is 44.0. The fourth-order valence-electron chi connectivity index (χ4n) is 3.05. The molecule has 0 aliphatic heterocycles. The Morgan fingerprint density at radius 2 is 1.38 bits per heavy atom. The smallest absolute Gasteiger partial charge is 0.326 e. The second-order valence-electron chi connectivity index (χ2n) is 8.26. The molecule has 0 saturated carbocycles. The highest BCUT2D eigenvalue weighted by molar-refractivity contribution is 5.95. The molecule has 11 N–H and O–H groups in total. The van der Waals surface area contributed by atoms with Gasteiger partial charge in [0.1, 0.15) is 29.9 Å². The Kier molecular flexibility index (Phi) is 11.9. The zero-order valence-corrected chi connectivity index (χ0v) is 19.9. The van der Waals surface area contributed by atoms with E-state index in [9.17, 15) is 44.1 Å². The van der Waals surface area contributed by atoms with Gasteiger partial charge < -0.3 is 47.8 Å². The first-order valence-corrected chi connectivity index (χ1v) is 11.1. The number of carbonyl (C=O) groups excluding carboxylic acids is 4. The SMILES string of the molecule is CC(O)C(N)C(=O)NC(CCC(=O)O)C(=O)NC(Cc1ccc(O)cc1)C(=O)NC(CC(N)=O)C(=O)O. The van der Waals surface area contributed by atoms with Crippen LogP contribution in [0.3, 0.4) is 0 Å². The predicted octanol–water partition coefficient (Wildman–Crippen LogP) is -3.08. The number of hydrogen-bond donors (Lipinski definition) is 9. The Morgan fingerprint density at radius 3 is 1.86 bits per heavy atom. The summed E-state index contributed by atoms with van der Waals surface area (Å²) in [5.41, 5.74) is 11.0. The number of carboxylic acids is 2. The summed E-state index contributed by atoms with van der Waals surface area (Å²) in [6.07, 6.45) is -3.17. The van der Waals surface area contributed by atoms with Crippen molar-refractivity contribution >= 4 is 35.6 Å². The Bertz CT molecular complexity index is 998. The molecule has 5 unspecified atom stereocenters. The summed E-state index contributed by atoms with van der Waals surface area (Å²) in [5.74, 6) is -6.87. The van der Waals surface area contributed by atoms with Crippen molar-refractivity contribution in [3.8, 4) is 5.75 Å². The van der Waals surface area contributed by atoms with E-state index in [1.54, 1.807) is 0 Å². The molecule has 204 valence electrons. The number of nitrogens with one attached hydrogen (secondary N) is 3. The number of aliphatic hydroxyl groups excluding tert-OH is 1. The third-order valence-corrected chi connectivity index (χ3v) is 5.13. The number of aromatic hydroxyl groups is 1. The molecule has 4 amide bonds.